The predicted molar refractivity (Wildman–Crippen MR) is 66.9 cm³/mol. The monoisotopic (exact) mass is 250 g/mol. The molecule has 0 aliphatic heterocycles. The van der Waals surface area contributed by atoms with Crippen molar-refractivity contribution in [2.24, 2.45) is 5.73 Å². The Morgan fingerprint density at radius 3 is 2.67 bits per heavy atom. The number of nitrogens with two attached hydrogens (primary N) is 1. The highest BCUT2D eigenvalue weighted by atomic mass is 35.5. The Hall–Kier alpha value is -0.480. The molecular weight excluding hydrogens is 235 g/mol. The number of anilines is 1. The molecule has 0 aliphatic carbocycles. The van der Waals surface area contributed by atoms with Crippen LogP contribution in [0, 0.1) is 0 Å². The lowest BCUT2D eigenvalue weighted by Gasteiger charge is -2.13. The summed E-state index contributed by atoms with van der Waals surface area (Å²) in [6.45, 7) is 0.732. The van der Waals surface area contributed by atoms with Gasteiger partial charge in [0.1, 0.15) is 0 Å². The Morgan fingerprint density at radius 2 is 2.07 bits per heavy atom. The van der Waals surface area contributed by atoms with E-state index in [0.29, 0.717) is 18.0 Å². The Balaban J connectivity index is 0.00000196. The van der Waals surface area contributed by atoms with E-state index in [1.807, 2.05) is 24.3 Å². The van der Waals surface area contributed by atoms with Crippen molar-refractivity contribution in [3.05, 3.63) is 29.3 Å². The second-order valence-corrected chi connectivity index (χ2v) is 3.54. The summed E-state index contributed by atoms with van der Waals surface area (Å²) in [5.41, 5.74) is 6.59. The van der Waals surface area contributed by atoms with Crippen LogP contribution in [0.2, 0.25) is 5.02 Å². The highest BCUT2D eigenvalue weighted by Crippen LogP contribution is 2.20. The number of para-hydroxylation sites is 1. The van der Waals surface area contributed by atoms with E-state index in [0.717, 1.165) is 5.69 Å². The van der Waals surface area contributed by atoms with Crippen LogP contribution in [0.3, 0.4) is 0 Å². The van der Waals surface area contributed by atoms with Gasteiger partial charge in [-0.05, 0) is 18.6 Å². The minimum atomic E-state index is -0.0451. The molecule has 0 aromatic heterocycles. The van der Waals surface area contributed by atoms with E-state index in [2.05, 4.69) is 5.32 Å². The average molecular weight is 251 g/mol. The first-order valence-electron chi connectivity index (χ1n) is 4.59. The lowest BCUT2D eigenvalue weighted by molar-refractivity contribution is 0.277. The average Bonchev–Trinajstić information content (AvgIpc) is 2.17. The fourth-order valence-corrected chi connectivity index (χ4v) is 1.32. The molecular formula is C10H16Cl2N2O. The largest absolute Gasteiger partial charge is 0.396 e. The summed E-state index contributed by atoms with van der Waals surface area (Å²) in [5, 5.41) is 12.5. The fraction of sp³-hybridized carbons (Fsp3) is 0.400. The van der Waals surface area contributed by atoms with Crippen LogP contribution in [0.4, 0.5) is 5.69 Å². The summed E-state index contributed by atoms with van der Waals surface area (Å²) in [4.78, 5) is 0. The third-order valence-electron chi connectivity index (χ3n) is 1.93. The SMILES string of the molecule is Cl.NC(CCO)CNc1ccccc1Cl. The molecule has 0 spiro atoms. The second kappa shape index (κ2) is 7.77. The van der Waals surface area contributed by atoms with Crippen LogP contribution in [0.1, 0.15) is 6.42 Å². The predicted octanol–water partition coefficient (Wildman–Crippen LogP) is 1.88. The molecule has 1 aromatic rings. The molecule has 0 saturated carbocycles. The zero-order valence-corrected chi connectivity index (χ0v) is 9.89. The summed E-state index contributed by atoms with van der Waals surface area (Å²) >= 11 is 5.93. The first kappa shape index (κ1) is 14.5. The van der Waals surface area contributed by atoms with E-state index in [-0.39, 0.29) is 25.1 Å². The Labute approximate surface area is 101 Å². The Morgan fingerprint density at radius 1 is 1.40 bits per heavy atom. The van der Waals surface area contributed by atoms with Crippen LogP contribution in [0.15, 0.2) is 24.3 Å². The topological polar surface area (TPSA) is 58.3 Å². The van der Waals surface area contributed by atoms with Crippen LogP contribution in [-0.2, 0) is 0 Å². The van der Waals surface area contributed by atoms with Crippen molar-refractivity contribution in [1.82, 2.24) is 0 Å². The van der Waals surface area contributed by atoms with Crippen LogP contribution < -0.4 is 11.1 Å². The van der Waals surface area contributed by atoms with Gasteiger partial charge in [-0.1, -0.05) is 23.7 Å². The van der Waals surface area contributed by atoms with Gasteiger partial charge in [0.2, 0.25) is 0 Å². The van der Waals surface area contributed by atoms with Gasteiger partial charge in [-0.3, -0.25) is 0 Å². The molecule has 1 aromatic carbocycles. The number of halogens is 2. The Bertz CT molecular complexity index is 284. The van der Waals surface area contributed by atoms with Crippen molar-refractivity contribution in [1.29, 1.82) is 0 Å². The molecule has 0 fully saturated rings. The van der Waals surface area contributed by atoms with Gasteiger partial charge in [0.15, 0.2) is 0 Å². The number of aliphatic hydroxyl groups is 1. The van der Waals surface area contributed by atoms with Crippen molar-refractivity contribution in [3.63, 3.8) is 0 Å². The van der Waals surface area contributed by atoms with Gasteiger partial charge in [-0.2, -0.15) is 0 Å². The molecule has 86 valence electrons. The van der Waals surface area contributed by atoms with Gasteiger partial charge < -0.3 is 16.2 Å². The van der Waals surface area contributed by atoms with Crippen molar-refractivity contribution < 1.29 is 5.11 Å². The number of nitrogens with one attached hydrogen (secondary N) is 1. The van der Waals surface area contributed by atoms with Crippen LogP contribution in [-0.4, -0.2) is 24.3 Å². The lowest BCUT2D eigenvalue weighted by Crippen LogP contribution is -2.30. The van der Waals surface area contributed by atoms with Crippen LogP contribution >= 0.6 is 24.0 Å². The molecule has 3 nitrogen and oxygen atoms in total. The summed E-state index contributed by atoms with van der Waals surface area (Å²) in [6.07, 6.45) is 0.595. The molecule has 0 aliphatic rings. The van der Waals surface area contributed by atoms with Gasteiger partial charge in [0, 0.05) is 19.2 Å². The molecule has 5 heteroatoms. The summed E-state index contributed by atoms with van der Waals surface area (Å²) in [6, 6.07) is 7.46. The third-order valence-corrected chi connectivity index (χ3v) is 2.26. The number of benzene rings is 1. The maximum atomic E-state index is 8.65. The zero-order chi connectivity index (χ0) is 10.4. The standard InChI is InChI=1S/C10H15ClN2O.ClH/c11-9-3-1-2-4-10(9)13-7-8(12)5-6-14;/h1-4,8,13-14H,5-7,12H2;1H. The first-order chi connectivity index (χ1) is 6.74. The van der Waals surface area contributed by atoms with E-state index in [1.165, 1.54) is 0 Å². The maximum Gasteiger partial charge on any atom is 0.0637 e. The molecule has 0 amide bonds. The molecule has 0 bridgehead atoms. The third kappa shape index (κ3) is 5.23. The molecule has 1 rings (SSSR count). The summed E-state index contributed by atoms with van der Waals surface area (Å²) in [7, 11) is 0. The van der Waals surface area contributed by atoms with Crippen LogP contribution in [0.25, 0.3) is 0 Å². The summed E-state index contributed by atoms with van der Waals surface area (Å²) in [5.74, 6) is 0. The van der Waals surface area contributed by atoms with Crippen LogP contribution in [0.5, 0.6) is 0 Å². The first-order valence-corrected chi connectivity index (χ1v) is 4.96. The Kier molecular flexibility index (Phi) is 7.52. The number of hydrogen-bond donors (Lipinski definition) is 3. The highest BCUT2D eigenvalue weighted by molar-refractivity contribution is 6.33. The zero-order valence-electron chi connectivity index (χ0n) is 8.32. The quantitative estimate of drug-likeness (QED) is 0.748. The molecule has 1 atom stereocenters. The number of rotatable bonds is 5. The van der Waals surface area contributed by atoms with E-state index >= 15 is 0 Å². The van der Waals surface area contributed by atoms with Gasteiger partial charge in [0.25, 0.3) is 0 Å². The second-order valence-electron chi connectivity index (χ2n) is 3.13. The van der Waals surface area contributed by atoms with Gasteiger partial charge in [-0.15, -0.1) is 12.4 Å². The molecule has 15 heavy (non-hydrogen) atoms. The van der Waals surface area contributed by atoms with Crippen molar-refractivity contribution >= 4 is 29.7 Å². The molecule has 0 radical (unpaired) electrons. The van der Waals surface area contributed by atoms with Gasteiger partial charge in [0.05, 0.1) is 10.7 Å². The fourth-order valence-electron chi connectivity index (χ4n) is 1.11. The lowest BCUT2D eigenvalue weighted by atomic mass is 10.2. The van der Waals surface area contributed by atoms with E-state index in [9.17, 15) is 0 Å². The number of hydrogen-bond acceptors (Lipinski definition) is 3. The van der Waals surface area contributed by atoms with E-state index in [4.69, 9.17) is 22.4 Å². The van der Waals surface area contributed by atoms with Gasteiger partial charge >= 0.3 is 0 Å². The number of aliphatic hydroxyl groups excluding tert-OH is 1. The minimum Gasteiger partial charge on any atom is -0.396 e. The molecule has 4 N–H and O–H groups in total. The van der Waals surface area contributed by atoms with E-state index in [1.54, 1.807) is 0 Å². The van der Waals surface area contributed by atoms with Crippen molar-refractivity contribution in [2.45, 2.75) is 12.5 Å². The van der Waals surface area contributed by atoms with Crippen molar-refractivity contribution in [3.8, 4) is 0 Å². The normalized spacial score (nSPS) is 11.7. The maximum absolute atomic E-state index is 8.65. The van der Waals surface area contributed by atoms with Crippen molar-refractivity contribution in [2.75, 3.05) is 18.5 Å². The summed E-state index contributed by atoms with van der Waals surface area (Å²) < 4.78 is 0. The minimum absolute atomic E-state index is 0. The van der Waals surface area contributed by atoms with E-state index < -0.39 is 0 Å². The molecule has 1 unspecified atom stereocenters. The molecule has 0 saturated heterocycles. The van der Waals surface area contributed by atoms with Gasteiger partial charge in [-0.25, -0.2) is 0 Å². The molecule has 0 heterocycles. The highest BCUT2D eigenvalue weighted by Gasteiger charge is 2.02. The smallest absolute Gasteiger partial charge is 0.0637 e.